The summed E-state index contributed by atoms with van der Waals surface area (Å²) in [5.41, 5.74) is 1.13. The smallest absolute Gasteiger partial charge is 0.341 e. The Morgan fingerprint density at radius 2 is 1.69 bits per heavy atom. The highest BCUT2D eigenvalue weighted by Crippen LogP contribution is 2.34. The highest BCUT2D eigenvalue weighted by molar-refractivity contribution is 7.91. The van der Waals surface area contributed by atoms with Gasteiger partial charge in [0.25, 0.3) is 5.91 Å². The number of alkyl halides is 2. The van der Waals surface area contributed by atoms with Gasteiger partial charge in [0.1, 0.15) is 5.75 Å². The van der Waals surface area contributed by atoms with Crippen LogP contribution in [0.2, 0.25) is 0 Å². The van der Waals surface area contributed by atoms with Crippen molar-refractivity contribution in [3.05, 3.63) is 59.7 Å². The average Bonchev–Trinajstić information content (AvgIpc) is 3.11. The molecule has 0 spiro atoms. The Hall–Kier alpha value is -2.48. The van der Waals surface area contributed by atoms with Gasteiger partial charge in [-0.2, -0.15) is 8.78 Å². The molecule has 1 N–H and O–H groups in total. The van der Waals surface area contributed by atoms with Gasteiger partial charge in [0.05, 0.1) is 10.9 Å². The minimum Gasteiger partial charge on any atom is -0.508 e. The Labute approximate surface area is 149 Å². The van der Waals surface area contributed by atoms with Crippen molar-refractivity contribution in [1.82, 2.24) is 4.90 Å². The molecule has 138 valence electrons. The lowest BCUT2D eigenvalue weighted by molar-refractivity contribution is 0.0735. The molecule has 26 heavy (non-hydrogen) atoms. The molecule has 0 saturated carbocycles. The van der Waals surface area contributed by atoms with E-state index in [0.717, 1.165) is 30.5 Å². The molecule has 1 aliphatic rings. The van der Waals surface area contributed by atoms with Gasteiger partial charge >= 0.3 is 5.76 Å². The summed E-state index contributed by atoms with van der Waals surface area (Å²) in [4.78, 5) is 13.9. The summed E-state index contributed by atoms with van der Waals surface area (Å²) in [5.74, 6) is -3.65. The predicted molar refractivity (Wildman–Crippen MR) is 90.8 cm³/mol. The number of phenolic OH excluding ortho intramolecular Hbond substituents is 1. The van der Waals surface area contributed by atoms with E-state index in [1.165, 1.54) is 12.1 Å². The van der Waals surface area contributed by atoms with Gasteiger partial charge in [-0.25, -0.2) is 8.42 Å². The fourth-order valence-electron chi connectivity index (χ4n) is 3.11. The van der Waals surface area contributed by atoms with E-state index in [-0.39, 0.29) is 23.3 Å². The second-order valence-electron chi connectivity index (χ2n) is 6.08. The van der Waals surface area contributed by atoms with Crippen molar-refractivity contribution in [2.24, 2.45) is 0 Å². The van der Waals surface area contributed by atoms with E-state index in [4.69, 9.17) is 0 Å². The minimum absolute atomic E-state index is 0.139. The lowest BCUT2D eigenvalue weighted by atomic mass is 10.0. The largest absolute Gasteiger partial charge is 0.508 e. The molecule has 0 unspecified atom stereocenters. The van der Waals surface area contributed by atoms with Crippen molar-refractivity contribution in [3.63, 3.8) is 0 Å². The predicted octanol–water partition coefficient (Wildman–Crippen LogP) is 3.37. The molecule has 3 rings (SSSR count). The first kappa shape index (κ1) is 18.3. The Kier molecular flexibility index (Phi) is 4.95. The fourth-order valence-corrected chi connectivity index (χ4v) is 3.83. The fraction of sp³-hybridized carbons (Fsp3) is 0.278. The second kappa shape index (κ2) is 7.03. The normalized spacial score (nSPS) is 17.7. The number of sulfone groups is 1. The van der Waals surface area contributed by atoms with E-state index in [9.17, 15) is 27.1 Å². The van der Waals surface area contributed by atoms with E-state index in [1.807, 2.05) is 0 Å². The van der Waals surface area contributed by atoms with E-state index in [0.29, 0.717) is 6.54 Å². The van der Waals surface area contributed by atoms with Gasteiger partial charge in [-0.05, 0) is 54.8 Å². The van der Waals surface area contributed by atoms with Crippen LogP contribution in [0.25, 0.3) is 0 Å². The molecule has 1 saturated heterocycles. The van der Waals surface area contributed by atoms with Crippen LogP contribution >= 0.6 is 0 Å². The van der Waals surface area contributed by atoms with Crippen LogP contribution < -0.4 is 0 Å². The van der Waals surface area contributed by atoms with Crippen LogP contribution in [0.1, 0.15) is 34.8 Å². The van der Waals surface area contributed by atoms with Gasteiger partial charge in [-0.1, -0.05) is 12.1 Å². The number of carbonyl (C=O) groups excluding carboxylic acids is 1. The highest BCUT2D eigenvalue weighted by atomic mass is 32.2. The molecule has 0 bridgehead atoms. The number of hydrogen-bond donors (Lipinski definition) is 1. The molecule has 0 radical (unpaired) electrons. The van der Waals surface area contributed by atoms with Crippen molar-refractivity contribution in [3.8, 4) is 5.75 Å². The molecule has 1 aliphatic heterocycles. The summed E-state index contributed by atoms with van der Waals surface area (Å²) in [6.07, 6.45) is 1.59. The number of hydrogen-bond acceptors (Lipinski definition) is 4. The van der Waals surface area contributed by atoms with Gasteiger partial charge < -0.3 is 10.0 Å². The van der Waals surface area contributed by atoms with Crippen molar-refractivity contribution >= 4 is 15.7 Å². The van der Waals surface area contributed by atoms with Crippen molar-refractivity contribution < 1.29 is 27.1 Å². The Morgan fingerprint density at radius 1 is 1.08 bits per heavy atom. The van der Waals surface area contributed by atoms with Gasteiger partial charge in [-0.3, -0.25) is 4.79 Å². The number of amides is 1. The SMILES string of the molecule is O=C(c1ccc(S(=O)(=O)C(F)F)cc1)N1CCC[C@H]1c1ccc(O)cc1. The van der Waals surface area contributed by atoms with Gasteiger partial charge in [-0.15, -0.1) is 0 Å². The summed E-state index contributed by atoms with van der Waals surface area (Å²) in [5, 5.41) is 9.40. The first-order chi connectivity index (χ1) is 12.3. The Balaban J connectivity index is 1.83. The quantitative estimate of drug-likeness (QED) is 0.881. The standard InChI is InChI=1S/C18H17F2NO4S/c19-18(20)26(24,25)15-9-5-13(6-10-15)17(23)21-11-1-2-16(21)12-3-7-14(22)8-4-12/h3-10,16,18,22H,1-2,11H2/t16-/m0/s1. The zero-order valence-electron chi connectivity index (χ0n) is 13.7. The molecule has 2 aromatic carbocycles. The average molecular weight is 381 g/mol. The van der Waals surface area contributed by atoms with Crippen LogP contribution in [-0.2, 0) is 9.84 Å². The number of aromatic hydroxyl groups is 1. The molecule has 1 heterocycles. The lowest BCUT2D eigenvalue weighted by Crippen LogP contribution is -2.30. The molecule has 0 aromatic heterocycles. The number of rotatable bonds is 4. The maximum absolute atomic E-state index is 12.8. The Morgan fingerprint density at radius 3 is 2.27 bits per heavy atom. The summed E-state index contributed by atoms with van der Waals surface area (Å²) in [7, 11) is -4.68. The van der Waals surface area contributed by atoms with Crippen molar-refractivity contribution in [2.45, 2.75) is 29.5 Å². The maximum Gasteiger partial charge on any atom is 0.341 e. The zero-order valence-corrected chi connectivity index (χ0v) is 14.5. The third kappa shape index (κ3) is 3.41. The third-order valence-corrected chi connectivity index (χ3v) is 5.85. The van der Waals surface area contributed by atoms with Crippen LogP contribution in [0.4, 0.5) is 8.78 Å². The topological polar surface area (TPSA) is 74.7 Å². The molecule has 8 heteroatoms. The van der Waals surface area contributed by atoms with Crippen LogP contribution in [0.5, 0.6) is 5.75 Å². The van der Waals surface area contributed by atoms with Gasteiger partial charge in [0, 0.05) is 12.1 Å². The number of likely N-dealkylation sites (tertiary alicyclic amines) is 1. The van der Waals surface area contributed by atoms with E-state index in [2.05, 4.69) is 0 Å². The molecule has 1 atom stereocenters. The van der Waals surface area contributed by atoms with Gasteiger partial charge in [0.2, 0.25) is 9.84 Å². The zero-order chi connectivity index (χ0) is 18.9. The highest BCUT2D eigenvalue weighted by Gasteiger charge is 2.31. The number of halogens is 2. The number of benzene rings is 2. The molecule has 1 fully saturated rings. The van der Waals surface area contributed by atoms with E-state index >= 15 is 0 Å². The van der Waals surface area contributed by atoms with Gasteiger partial charge in [0.15, 0.2) is 0 Å². The first-order valence-electron chi connectivity index (χ1n) is 8.03. The van der Waals surface area contributed by atoms with E-state index in [1.54, 1.807) is 29.2 Å². The first-order valence-corrected chi connectivity index (χ1v) is 9.57. The summed E-state index contributed by atoms with van der Waals surface area (Å²) >= 11 is 0. The van der Waals surface area contributed by atoms with E-state index < -0.39 is 20.5 Å². The summed E-state index contributed by atoms with van der Waals surface area (Å²) < 4.78 is 48.1. The Bertz CT molecular complexity index is 896. The minimum atomic E-state index is -4.68. The molecular weight excluding hydrogens is 364 g/mol. The number of carbonyl (C=O) groups is 1. The summed E-state index contributed by atoms with van der Waals surface area (Å²) in [6.45, 7) is 0.543. The van der Waals surface area contributed by atoms with Crippen LogP contribution in [-0.4, -0.2) is 36.6 Å². The number of phenols is 1. The summed E-state index contributed by atoms with van der Waals surface area (Å²) in [6, 6.07) is 11.0. The lowest BCUT2D eigenvalue weighted by Gasteiger charge is -2.25. The van der Waals surface area contributed by atoms with Crippen molar-refractivity contribution in [2.75, 3.05) is 6.54 Å². The second-order valence-corrected chi connectivity index (χ2v) is 8.00. The molecule has 0 aliphatic carbocycles. The van der Waals surface area contributed by atoms with Crippen LogP contribution in [0.15, 0.2) is 53.4 Å². The molecular formula is C18H17F2NO4S. The van der Waals surface area contributed by atoms with Crippen molar-refractivity contribution in [1.29, 1.82) is 0 Å². The molecule has 5 nitrogen and oxygen atoms in total. The monoisotopic (exact) mass is 381 g/mol. The molecule has 2 aromatic rings. The molecule has 1 amide bonds. The number of nitrogens with zero attached hydrogens (tertiary/aromatic N) is 1. The third-order valence-electron chi connectivity index (χ3n) is 4.46. The maximum atomic E-state index is 12.8. The van der Waals surface area contributed by atoms with Crippen LogP contribution in [0.3, 0.4) is 0 Å². The van der Waals surface area contributed by atoms with Crippen LogP contribution in [0, 0.1) is 0 Å².